The second-order valence-corrected chi connectivity index (χ2v) is 7.99. The highest BCUT2D eigenvalue weighted by Gasteiger charge is 2.35. The number of carbonyl (C=O) groups is 2. The van der Waals surface area contributed by atoms with Gasteiger partial charge in [-0.3, -0.25) is 9.59 Å². The van der Waals surface area contributed by atoms with E-state index in [2.05, 4.69) is 10.2 Å². The zero-order chi connectivity index (χ0) is 25.0. The molecule has 0 aromatic heterocycles. The van der Waals surface area contributed by atoms with Gasteiger partial charge in [0.1, 0.15) is 5.75 Å². The monoisotopic (exact) mass is 495 g/mol. The first-order chi connectivity index (χ1) is 16.1. The molecule has 0 radical (unpaired) electrons. The third-order valence-corrected chi connectivity index (χ3v) is 5.77. The molecule has 0 aliphatic carbocycles. The highest BCUT2D eigenvalue weighted by molar-refractivity contribution is 6.34. The van der Waals surface area contributed by atoms with Crippen molar-refractivity contribution in [2.75, 3.05) is 36.4 Å². The smallest absolute Gasteiger partial charge is 0.416 e. The van der Waals surface area contributed by atoms with E-state index in [-0.39, 0.29) is 40.0 Å². The molecule has 0 fully saturated rings. The van der Waals surface area contributed by atoms with Gasteiger partial charge in [0, 0.05) is 19.2 Å². The van der Waals surface area contributed by atoms with Gasteiger partial charge in [-0.15, -0.1) is 0 Å². The van der Waals surface area contributed by atoms with Gasteiger partial charge >= 0.3 is 6.18 Å². The van der Waals surface area contributed by atoms with Crippen LogP contribution >= 0.6 is 11.6 Å². The van der Waals surface area contributed by atoms with Crippen LogP contribution in [0.25, 0.3) is 0 Å². The zero-order valence-corrected chi connectivity index (χ0v) is 19.8. The van der Waals surface area contributed by atoms with Crippen LogP contribution in [-0.4, -0.2) is 42.9 Å². The Balaban J connectivity index is 2.11. The molecule has 1 aliphatic rings. The molecule has 0 spiro atoms. The number of allylic oxidation sites excluding steroid dienone is 1. The number of nitrogens with one attached hydrogen (secondary N) is 1. The van der Waals surface area contributed by atoms with Crippen molar-refractivity contribution >= 4 is 34.8 Å². The summed E-state index contributed by atoms with van der Waals surface area (Å²) < 4.78 is 46.0. The number of hydrogen-bond acceptors (Lipinski definition) is 4. The molecule has 1 N–H and O–H groups in total. The Kier molecular flexibility index (Phi) is 7.89. The number of anilines is 2. The first-order valence-corrected chi connectivity index (χ1v) is 11.2. The molecule has 2 aromatic rings. The van der Waals surface area contributed by atoms with Gasteiger partial charge in [0.2, 0.25) is 5.91 Å². The molecule has 0 saturated carbocycles. The fourth-order valence-corrected chi connectivity index (χ4v) is 3.81. The molecule has 2 aromatic carbocycles. The molecule has 0 atom stereocenters. The van der Waals surface area contributed by atoms with E-state index in [1.807, 2.05) is 13.8 Å². The van der Waals surface area contributed by atoms with Gasteiger partial charge in [0.05, 0.1) is 27.5 Å². The molecule has 0 saturated heterocycles. The third kappa shape index (κ3) is 5.53. The van der Waals surface area contributed by atoms with Crippen molar-refractivity contribution in [3.8, 4) is 11.5 Å². The van der Waals surface area contributed by atoms with Crippen LogP contribution in [0.4, 0.5) is 24.5 Å². The second-order valence-electron chi connectivity index (χ2n) is 7.58. The fraction of sp³-hybridized carbons (Fsp3) is 0.333. The summed E-state index contributed by atoms with van der Waals surface area (Å²) in [5.41, 5.74) is -0.432. The quantitative estimate of drug-likeness (QED) is 0.481. The summed E-state index contributed by atoms with van der Waals surface area (Å²) in [6.45, 7) is 7.90. The van der Waals surface area contributed by atoms with Crippen molar-refractivity contribution in [1.82, 2.24) is 4.90 Å². The van der Waals surface area contributed by atoms with E-state index >= 15 is 0 Å². The Morgan fingerprint density at radius 2 is 1.88 bits per heavy atom. The van der Waals surface area contributed by atoms with Crippen molar-refractivity contribution < 1.29 is 27.5 Å². The van der Waals surface area contributed by atoms with E-state index < -0.39 is 23.6 Å². The number of likely N-dealkylation sites (N-methyl/N-ethyl adjacent to an activating group) is 1. The minimum absolute atomic E-state index is 0.00362. The predicted molar refractivity (Wildman–Crippen MR) is 126 cm³/mol. The van der Waals surface area contributed by atoms with Crippen molar-refractivity contribution in [2.45, 2.75) is 26.9 Å². The molecule has 0 unspecified atom stereocenters. The largest absolute Gasteiger partial charge is 0.454 e. The van der Waals surface area contributed by atoms with E-state index in [1.54, 1.807) is 6.92 Å². The average Bonchev–Trinajstić information content (AvgIpc) is 2.88. The van der Waals surface area contributed by atoms with E-state index in [4.69, 9.17) is 16.3 Å². The number of amides is 2. The molecule has 0 bridgehead atoms. The summed E-state index contributed by atoms with van der Waals surface area (Å²) in [4.78, 5) is 29.0. The van der Waals surface area contributed by atoms with Crippen LogP contribution < -0.4 is 15.0 Å². The molecule has 34 heavy (non-hydrogen) atoms. The molecule has 1 aliphatic heterocycles. The minimum Gasteiger partial charge on any atom is -0.454 e. The van der Waals surface area contributed by atoms with Crippen LogP contribution in [0.3, 0.4) is 0 Å². The van der Waals surface area contributed by atoms with Crippen molar-refractivity contribution in [2.24, 2.45) is 0 Å². The van der Waals surface area contributed by atoms with Crippen LogP contribution in [0, 0.1) is 0 Å². The van der Waals surface area contributed by atoms with E-state index in [9.17, 15) is 22.8 Å². The summed E-state index contributed by atoms with van der Waals surface area (Å²) in [5, 5.41) is 2.67. The number of benzene rings is 2. The normalized spacial score (nSPS) is 13.5. The van der Waals surface area contributed by atoms with E-state index in [1.165, 1.54) is 35.3 Å². The van der Waals surface area contributed by atoms with Gasteiger partial charge in [-0.1, -0.05) is 31.5 Å². The standard InChI is InChI=1S/C24H25ClF3N3O3/c1-4-7-22(32)29-18-14-20-16(13-17(18)25)23(33)31(11-10-30(5-2)6-3)19-9-8-15(24(26,27)28)12-21(19)34-20/h4,7-9,12-14H,5-6,10-11H2,1-3H3,(H,29,32). The lowest BCUT2D eigenvalue weighted by molar-refractivity contribution is -0.137. The molecule has 10 heteroatoms. The highest BCUT2D eigenvalue weighted by atomic mass is 35.5. The number of alkyl halides is 3. The summed E-state index contributed by atoms with van der Waals surface area (Å²) in [6.07, 6.45) is -1.77. The van der Waals surface area contributed by atoms with Crippen LogP contribution in [0.1, 0.15) is 36.7 Å². The lowest BCUT2D eigenvalue weighted by atomic mass is 10.1. The SMILES string of the molecule is CC=CC(=O)Nc1cc2c(cc1Cl)C(=O)N(CCN(CC)CC)c1ccc(C(F)(F)F)cc1O2. The lowest BCUT2D eigenvalue weighted by Gasteiger charge is -2.26. The number of fused-ring (bicyclic) bond motifs is 2. The maximum absolute atomic E-state index is 13.5. The average molecular weight is 496 g/mol. The Hall–Kier alpha value is -3.04. The first kappa shape index (κ1) is 25.6. The molecule has 182 valence electrons. The molecular weight excluding hydrogens is 471 g/mol. The number of carbonyl (C=O) groups excluding carboxylic acids is 2. The zero-order valence-electron chi connectivity index (χ0n) is 19.0. The van der Waals surface area contributed by atoms with Crippen molar-refractivity contribution in [3.05, 3.63) is 58.6 Å². The van der Waals surface area contributed by atoms with Gasteiger partial charge in [0.15, 0.2) is 5.75 Å². The van der Waals surface area contributed by atoms with Crippen LogP contribution in [0.5, 0.6) is 11.5 Å². The summed E-state index contributed by atoms with van der Waals surface area (Å²) >= 11 is 6.32. The Labute approximate surface area is 200 Å². The van der Waals surface area contributed by atoms with Gasteiger partial charge in [-0.25, -0.2) is 0 Å². The van der Waals surface area contributed by atoms with Crippen LogP contribution in [0.15, 0.2) is 42.5 Å². The third-order valence-electron chi connectivity index (χ3n) is 5.45. The Bertz CT molecular complexity index is 1110. The summed E-state index contributed by atoms with van der Waals surface area (Å²) in [6, 6.07) is 5.72. The van der Waals surface area contributed by atoms with Crippen molar-refractivity contribution in [3.63, 3.8) is 0 Å². The fourth-order valence-electron chi connectivity index (χ4n) is 3.60. The maximum Gasteiger partial charge on any atom is 0.416 e. The van der Waals surface area contributed by atoms with Crippen LogP contribution in [-0.2, 0) is 11.0 Å². The van der Waals surface area contributed by atoms with E-state index in [0.717, 1.165) is 25.2 Å². The first-order valence-electron chi connectivity index (χ1n) is 10.8. The number of rotatable bonds is 7. The minimum atomic E-state index is -4.59. The second kappa shape index (κ2) is 10.5. The Morgan fingerprint density at radius 1 is 1.18 bits per heavy atom. The Morgan fingerprint density at radius 3 is 2.50 bits per heavy atom. The number of hydrogen-bond donors (Lipinski definition) is 1. The summed E-state index contributed by atoms with van der Waals surface area (Å²) in [7, 11) is 0. The van der Waals surface area contributed by atoms with Gasteiger partial charge in [-0.2, -0.15) is 13.2 Å². The van der Waals surface area contributed by atoms with Crippen LogP contribution in [0.2, 0.25) is 5.02 Å². The molecule has 2 amide bonds. The number of halogens is 4. The topological polar surface area (TPSA) is 61.9 Å². The lowest BCUT2D eigenvalue weighted by Crippen LogP contribution is -2.38. The van der Waals surface area contributed by atoms with E-state index in [0.29, 0.717) is 6.54 Å². The maximum atomic E-state index is 13.5. The molecule has 1 heterocycles. The molecule has 6 nitrogen and oxygen atoms in total. The van der Waals surface area contributed by atoms with Crippen molar-refractivity contribution in [1.29, 1.82) is 0 Å². The van der Waals surface area contributed by atoms with Gasteiger partial charge in [-0.05, 0) is 50.4 Å². The highest BCUT2D eigenvalue weighted by Crippen LogP contribution is 2.44. The molecular formula is C24H25ClF3N3O3. The van der Waals surface area contributed by atoms with Gasteiger partial charge < -0.3 is 19.9 Å². The van der Waals surface area contributed by atoms with Gasteiger partial charge in [0.25, 0.3) is 5.91 Å². The predicted octanol–water partition coefficient (Wildman–Crippen LogP) is 5.97. The number of nitrogens with zero attached hydrogens (tertiary/aromatic N) is 2. The molecule has 3 rings (SSSR count). The summed E-state index contributed by atoms with van der Waals surface area (Å²) in [5.74, 6) is -1.04. The number of ether oxygens (including phenoxy) is 1.